The Bertz CT molecular complexity index is 348. The van der Waals surface area contributed by atoms with Gasteiger partial charge in [0.1, 0.15) is 0 Å². The SMILES string of the molecule is FC(F)(F)OC1CC(c2nnc(Br)o2)C1. The third-order valence-electron chi connectivity index (χ3n) is 2.16. The summed E-state index contributed by atoms with van der Waals surface area (Å²) < 4.78 is 44.2. The predicted molar refractivity (Wildman–Crippen MR) is 44.9 cm³/mol. The molecule has 8 heteroatoms. The highest BCUT2D eigenvalue weighted by Crippen LogP contribution is 2.40. The normalized spacial score (nSPS) is 26.4. The maximum absolute atomic E-state index is 11.8. The van der Waals surface area contributed by atoms with Crippen molar-refractivity contribution < 1.29 is 22.3 Å². The van der Waals surface area contributed by atoms with Crippen LogP contribution in [0.15, 0.2) is 9.22 Å². The molecule has 0 saturated heterocycles. The van der Waals surface area contributed by atoms with Gasteiger partial charge in [-0.2, -0.15) is 0 Å². The highest BCUT2D eigenvalue weighted by molar-refractivity contribution is 9.10. The molecule has 0 atom stereocenters. The van der Waals surface area contributed by atoms with Gasteiger partial charge in [0.15, 0.2) is 0 Å². The monoisotopic (exact) mass is 286 g/mol. The van der Waals surface area contributed by atoms with Crippen LogP contribution < -0.4 is 0 Å². The summed E-state index contributed by atoms with van der Waals surface area (Å²) in [6, 6.07) is 0. The highest BCUT2D eigenvalue weighted by Gasteiger charge is 2.42. The summed E-state index contributed by atoms with van der Waals surface area (Å²) in [5.41, 5.74) is 0. The van der Waals surface area contributed by atoms with Gasteiger partial charge in [-0.25, -0.2) is 0 Å². The quantitative estimate of drug-likeness (QED) is 0.839. The molecule has 0 aliphatic heterocycles. The van der Waals surface area contributed by atoms with Gasteiger partial charge in [0.05, 0.1) is 6.10 Å². The molecule has 4 nitrogen and oxygen atoms in total. The fourth-order valence-electron chi connectivity index (χ4n) is 1.43. The first-order chi connectivity index (χ1) is 6.94. The molecular weight excluding hydrogens is 281 g/mol. The molecule has 84 valence electrons. The average molecular weight is 287 g/mol. The lowest BCUT2D eigenvalue weighted by atomic mass is 9.82. The summed E-state index contributed by atoms with van der Waals surface area (Å²) in [5.74, 6) is 0.222. The van der Waals surface area contributed by atoms with Crippen LogP contribution in [-0.2, 0) is 4.74 Å². The van der Waals surface area contributed by atoms with Gasteiger partial charge >= 0.3 is 6.36 Å². The molecule has 1 aromatic rings. The molecule has 0 N–H and O–H groups in total. The van der Waals surface area contributed by atoms with Crippen LogP contribution in [0.5, 0.6) is 0 Å². The lowest BCUT2D eigenvalue weighted by Gasteiger charge is -2.32. The maximum Gasteiger partial charge on any atom is 0.522 e. The first kappa shape index (κ1) is 10.9. The van der Waals surface area contributed by atoms with E-state index in [1.807, 2.05) is 0 Å². The third-order valence-corrected chi connectivity index (χ3v) is 2.48. The lowest BCUT2D eigenvalue weighted by molar-refractivity contribution is -0.352. The summed E-state index contributed by atoms with van der Waals surface area (Å²) in [5, 5.41) is 7.22. The highest BCUT2D eigenvalue weighted by atomic mass is 79.9. The van der Waals surface area contributed by atoms with Gasteiger partial charge in [-0.05, 0) is 12.8 Å². The second kappa shape index (κ2) is 3.75. The largest absolute Gasteiger partial charge is 0.522 e. The minimum absolute atomic E-state index is 0.129. The van der Waals surface area contributed by atoms with E-state index in [0.29, 0.717) is 5.89 Å². The van der Waals surface area contributed by atoms with Crippen LogP contribution >= 0.6 is 15.9 Å². The molecule has 1 aromatic heterocycles. The van der Waals surface area contributed by atoms with E-state index < -0.39 is 12.5 Å². The van der Waals surface area contributed by atoms with Crippen LogP contribution in [0.2, 0.25) is 0 Å². The van der Waals surface area contributed by atoms with Crippen LogP contribution in [0.25, 0.3) is 0 Å². The summed E-state index contributed by atoms with van der Waals surface area (Å²) in [6.07, 6.45) is -4.84. The van der Waals surface area contributed by atoms with Crippen LogP contribution in [0.4, 0.5) is 13.2 Å². The van der Waals surface area contributed by atoms with Crippen molar-refractivity contribution in [2.45, 2.75) is 31.2 Å². The van der Waals surface area contributed by atoms with E-state index in [-0.39, 0.29) is 23.6 Å². The van der Waals surface area contributed by atoms with E-state index in [0.717, 1.165) is 0 Å². The Balaban J connectivity index is 1.84. The molecule has 1 fully saturated rings. The average Bonchev–Trinajstić information content (AvgIpc) is 2.41. The van der Waals surface area contributed by atoms with Crippen molar-refractivity contribution in [3.63, 3.8) is 0 Å². The molecule has 1 heterocycles. The number of aromatic nitrogens is 2. The Morgan fingerprint density at radius 2 is 2.00 bits per heavy atom. The second-order valence-corrected chi connectivity index (χ2v) is 3.93. The topological polar surface area (TPSA) is 48.2 Å². The minimum Gasteiger partial charge on any atom is -0.415 e. The van der Waals surface area contributed by atoms with Crippen molar-refractivity contribution in [2.75, 3.05) is 0 Å². The molecule has 0 unspecified atom stereocenters. The van der Waals surface area contributed by atoms with Crippen molar-refractivity contribution in [3.8, 4) is 0 Å². The summed E-state index contributed by atoms with van der Waals surface area (Å²) in [6.45, 7) is 0. The Labute approximate surface area is 90.9 Å². The van der Waals surface area contributed by atoms with Gasteiger partial charge in [-0.3, -0.25) is 4.74 Å². The first-order valence-corrected chi connectivity index (χ1v) is 4.97. The molecule has 0 amide bonds. The molecule has 2 rings (SSSR count). The number of hydrogen-bond donors (Lipinski definition) is 0. The molecular formula is C7H6BrF3N2O2. The van der Waals surface area contributed by atoms with E-state index >= 15 is 0 Å². The summed E-state index contributed by atoms with van der Waals surface area (Å²) >= 11 is 2.97. The van der Waals surface area contributed by atoms with Crippen LogP contribution in [0.3, 0.4) is 0 Å². The molecule has 15 heavy (non-hydrogen) atoms. The van der Waals surface area contributed by atoms with Gasteiger partial charge in [-0.15, -0.1) is 23.4 Å². The zero-order valence-electron chi connectivity index (χ0n) is 7.29. The van der Waals surface area contributed by atoms with Crippen molar-refractivity contribution >= 4 is 15.9 Å². The number of rotatable bonds is 2. The Kier molecular flexibility index (Phi) is 2.72. The second-order valence-electron chi connectivity index (χ2n) is 3.25. The number of halogens is 4. The van der Waals surface area contributed by atoms with Crippen molar-refractivity contribution in [3.05, 3.63) is 10.7 Å². The van der Waals surface area contributed by atoms with Gasteiger partial charge in [0.25, 0.3) is 4.80 Å². The summed E-state index contributed by atoms with van der Waals surface area (Å²) in [7, 11) is 0. The zero-order chi connectivity index (χ0) is 11.1. The predicted octanol–water partition coefficient (Wildman–Crippen LogP) is 2.61. The van der Waals surface area contributed by atoms with Crippen LogP contribution in [0, 0.1) is 0 Å². The minimum atomic E-state index is -4.56. The number of alkyl halides is 3. The van der Waals surface area contributed by atoms with E-state index in [2.05, 4.69) is 30.9 Å². The first-order valence-electron chi connectivity index (χ1n) is 4.17. The van der Waals surface area contributed by atoms with E-state index in [4.69, 9.17) is 4.42 Å². The molecule has 0 bridgehead atoms. The maximum atomic E-state index is 11.8. The lowest BCUT2D eigenvalue weighted by Crippen LogP contribution is -2.34. The third kappa shape index (κ3) is 2.69. The van der Waals surface area contributed by atoms with Crippen molar-refractivity contribution in [2.24, 2.45) is 0 Å². The molecule has 0 radical (unpaired) electrons. The summed E-state index contributed by atoms with van der Waals surface area (Å²) in [4.78, 5) is 0.234. The standard InChI is InChI=1S/C7H6BrF3N2O2/c8-6-13-12-5(14-6)3-1-4(2-3)15-7(9,10)11/h3-4H,1-2H2. The molecule has 0 aromatic carbocycles. The van der Waals surface area contributed by atoms with E-state index in [1.165, 1.54) is 0 Å². The van der Waals surface area contributed by atoms with E-state index in [9.17, 15) is 13.2 Å². The smallest absolute Gasteiger partial charge is 0.415 e. The van der Waals surface area contributed by atoms with Gasteiger partial charge in [0.2, 0.25) is 5.89 Å². The molecule has 1 aliphatic rings. The van der Waals surface area contributed by atoms with Gasteiger partial charge < -0.3 is 4.42 Å². The zero-order valence-corrected chi connectivity index (χ0v) is 8.88. The fourth-order valence-corrected chi connectivity index (χ4v) is 1.68. The van der Waals surface area contributed by atoms with Crippen molar-refractivity contribution in [1.82, 2.24) is 10.2 Å². The molecule has 0 spiro atoms. The van der Waals surface area contributed by atoms with Crippen LogP contribution in [-0.4, -0.2) is 22.7 Å². The van der Waals surface area contributed by atoms with Gasteiger partial charge in [-0.1, -0.05) is 0 Å². The van der Waals surface area contributed by atoms with E-state index in [1.54, 1.807) is 0 Å². The number of hydrogen-bond acceptors (Lipinski definition) is 4. The van der Waals surface area contributed by atoms with Crippen molar-refractivity contribution in [1.29, 1.82) is 0 Å². The Morgan fingerprint density at radius 3 is 2.47 bits per heavy atom. The fraction of sp³-hybridized carbons (Fsp3) is 0.714. The van der Waals surface area contributed by atoms with Gasteiger partial charge in [0, 0.05) is 21.8 Å². The Hall–Kier alpha value is -0.630. The number of ether oxygens (including phenoxy) is 1. The van der Waals surface area contributed by atoms with Crippen LogP contribution in [0.1, 0.15) is 24.7 Å². The number of nitrogens with zero attached hydrogens (tertiary/aromatic N) is 2. The molecule has 1 aliphatic carbocycles. The molecule has 1 saturated carbocycles. The Morgan fingerprint density at radius 1 is 1.33 bits per heavy atom.